The van der Waals surface area contributed by atoms with Gasteiger partial charge < -0.3 is 10.6 Å². The minimum absolute atomic E-state index is 0.0159. The van der Waals surface area contributed by atoms with Crippen LogP contribution in [0.15, 0.2) is 42.5 Å². The van der Waals surface area contributed by atoms with Gasteiger partial charge in [0, 0.05) is 23.2 Å². The summed E-state index contributed by atoms with van der Waals surface area (Å²) in [7, 11) is 0. The van der Waals surface area contributed by atoms with Crippen LogP contribution in [-0.4, -0.2) is 11.8 Å². The van der Waals surface area contributed by atoms with Gasteiger partial charge in [0.1, 0.15) is 0 Å². The van der Waals surface area contributed by atoms with Crippen LogP contribution in [0.2, 0.25) is 0 Å². The predicted molar refractivity (Wildman–Crippen MR) is 110 cm³/mol. The molecule has 0 bridgehead atoms. The van der Waals surface area contributed by atoms with Crippen molar-refractivity contribution in [1.82, 2.24) is 0 Å². The number of nitrogens with zero attached hydrogens (tertiary/aromatic N) is 1. The molecular formula is C23H25N3O2. The van der Waals surface area contributed by atoms with Gasteiger partial charge in [-0.1, -0.05) is 6.07 Å². The van der Waals surface area contributed by atoms with E-state index in [4.69, 9.17) is 5.26 Å². The van der Waals surface area contributed by atoms with Gasteiger partial charge in [0.25, 0.3) is 0 Å². The van der Waals surface area contributed by atoms with Crippen molar-refractivity contribution in [3.8, 4) is 6.07 Å². The largest absolute Gasteiger partial charge is 0.326 e. The molecule has 1 aliphatic rings. The Morgan fingerprint density at radius 1 is 0.821 bits per heavy atom. The first kappa shape index (κ1) is 19.6. The highest BCUT2D eigenvalue weighted by Gasteiger charge is 2.30. The molecule has 1 saturated carbocycles. The molecule has 0 unspecified atom stereocenters. The second-order valence-corrected chi connectivity index (χ2v) is 7.59. The molecule has 2 amide bonds. The minimum atomic E-state index is -0.0825. The van der Waals surface area contributed by atoms with Crippen LogP contribution in [0.5, 0.6) is 0 Å². The molecule has 3 rings (SSSR count). The Balaban J connectivity index is 1.51. The van der Waals surface area contributed by atoms with Gasteiger partial charge in [0.05, 0.1) is 11.6 Å². The van der Waals surface area contributed by atoms with E-state index in [1.165, 1.54) is 0 Å². The molecule has 1 aliphatic carbocycles. The second kappa shape index (κ2) is 8.71. The van der Waals surface area contributed by atoms with Crippen molar-refractivity contribution in [1.29, 1.82) is 5.26 Å². The summed E-state index contributed by atoms with van der Waals surface area (Å²) in [6.07, 6.45) is 2.82. The first-order valence-electron chi connectivity index (χ1n) is 9.65. The quantitative estimate of drug-likeness (QED) is 0.822. The smallest absolute Gasteiger partial charge is 0.227 e. The molecule has 5 nitrogen and oxygen atoms in total. The molecule has 0 aliphatic heterocycles. The Kier molecular flexibility index (Phi) is 6.10. The maximum atomic E-state index is 12.6. The zero-order valence-electron chi connectivity index (χ0n) is 16.3. The second-order valence-electron chi connectivity index (χ2n) is 7.59. The molecule has 0 radical (unpaired) electrons. The van der Waals surface area contributed by atoms with Crippen LogP contribution in [0.3, 0.4) is 0 Å². The Morgan fingerprint density at radius 3 is 1.75 bits per heavy atom. The molecule has 0 saturated heterocycles. The van der Waals surface area contributed by atoms with Crippen LogP contribution >= 0.6 is 0 Å². The number of carbonyl (C=O) groups excluding carboxylic acids is 2. The maximum absolute atomic E-state index is 12.6. The van der Waals surface area contributed by atoms with Crippen molar-refractivity contribution in [2.75, 3.05) is 10.6 Å². The standard InChI is InChI=1S/C23H25N3O2/c1-15-11-16(2)13-21(12-15)26-23(28)19-7-5-18(6-8-19)22(27)25-20-9-3-17(14-24)4-10-20/h3-4,9-13,18-19H,5-8H2,1-2H3,(H,25,27)(H,26,28). The first-order chi connectivity index (χ1) is 13.4. The molecule has 0 spiro atoms. The van der Waals surface area contributed by atoms with E-state index in [9.17, 15) is 9.59 Å². The lowest BCUT2D eigenvalue weighted by molar-refractivity contribution is -0.125. The third kappa shape index (κ3) is 4.98. The number of benzene rings is 2. The van der Waals surface area contributed by atoms with E-state index in [0.717, 1.165) is 16.8 Å². The van der Waals surface area contributed by atoms with Crippen LogP contribution in [0, 0.1) is 37.0 Å². The molecule has 1 fully saturated rings. The molecule has 2 aromatic rings. The minimum Gasteiger partial charge on any atom is -0.326 e. The molecule has 0 aromatic heterocycles. The number of anilines is 2. The average molecular weight is 375 g/mol. The molecular weight excluding hydrogens is 350 g/mol. The van der Waals surface area contributed by atoms with Gasteiger partial charge in [0.2, 0.25) is 11.8 Å². The van der Waals surface area contributed by atoms with Gasteiger partial charge in [-0.25, -0.2) is 0 Å². The van der Waals surface area contributed by atoms with Crippen LogP contribution in [0.1, 0.15) is 42.4 Å². The summed E-state index contributed by atoms with van der Waals surface area (Å²) in [6.45, 7) is 4.03. The Hall–Kier alpha value is -3.13. The molecule has 2 aromatic carbocycles. The van der Waals surface area contributed by atoms with Crippen LogP contribution in [0.25, 0.3) is 0 Å². The summed E-state index contributed by atoms with van der Waals surface area (Å²) in [6, 6.07) is 14.9. The average Bonchev–Trinajstić information content (AvgIpc) is 2.68. The molecule has 2 N–H and O–H groups in total. The lowest BCUT2D eigenvalue weighted by Gasteiger charge is -2.27. The first-order valence-corrected chi connectivity index (χ1v) is 9.65. The van der Waals surface area contributed by atoms with Gasteiger partial charge in [-0.05, 0) is 87.1 Å². The van der Waals surface area contributed by atoms with Crippen LogP contribution in [-0.2, 0) is 9.59 Å². The highest BCUT2D eigenvalue weighted by molar-refractivity contribution is 5.94. The number of nitrogens with one attached hydrogen (secondary N) is 2. The summed E-state index contributed by atoms with van der Waals surface area (Å²) in [5.41, 5.74) is 4.34. The van der Waals surface area contributed by atoms with Crippen LogP contribution in [0.4, 0.5) is 11.4 Å². The SMILES string of the molecule is Cc1cc(C)cc(NC(=O)C2CCC(C(=O)Nc3ccc(C#N)cc3)CC2)c1. The number of carbonyl (C=O) groups is 2. The monoisotopic (exact) mass is 375 g/mol. The van der Waals surface area contributed by atoms with E-state index >= 15 is 0 Å². The molecule has 5 heteroatoms. The topological polar surface area (TPSA) is 82.0 Å². The third-order valence-electron chi connectivity index (χ3n) is 5.24. The van der Waals surface area contributed by atoms with Crippen molar-refractivity contribution >= 4 is 23.2 Å². The number of amides is 2. The Morgan fingerprint density at radius 2 is 1.29 bits per heavy atom. The predicted octanol–water partition coefficient (Wildman–Crippen LogP) is 4.56. The van der Waals surface area contributed by atoms with Gasteiger partial charge >= 0.3 is 0 Å². The molecule has 0 heterocycles. The van der Waals surface area contributed by atoms with E-state index in [2.05, 4.69) is 22.8 Å². The van der Waals surface area contributed by atoms with Crippen molar-refractivity contribution in [3.63, 3.8) is 0 Å². The fourth-order valence-corrected chi connectivity index (χ4v) is 3.78. The van der Waals surface area contributed by atoms with Gasteiger partial charge in [-0.2, -0.15) is 5.26 Å². The summed E-state index contributed by atoms with van der Waals surface area (Å²) >= 11 is 0. The lowest BCUT2D eigenvalue weighted by Crippen LogP contribution is -2.32. The van der Waals surface area contributed by atoms with Gasteiger partial charge in [0.15, 0.2) is 0 Å². The lowest BCUT2D eigenvalue weighted by atomic mass is 9.81. The van der Waals surface area contributed by atoms with E-state index in [1.807, 2.05) is 26.0 Å². The van der Waals surface area contributed by atoms with Crippen LogP contribution < -0.4 is 10.6 Å². The van der Waals surface area contributed by atoms with E-state index < -0.39 is 0 Å². The highest BCUT2D eigenvalue weighted by atomic mass is 16.2. The summed E-state index contributed by atoms with van der Waals surface area (Å²) in [5.74, 6) is -0.116. The normalized spacial score (nSPS) is 18.8. The summed E-state index contributed by atoms with van der Waals surface area (Å²) in [4.78, 5) is 25.1. The van der Waals surface area contributed by atoms with Crippen molar-refractivity contribution in [2.45, 2.75) is 39.5 Å². The van der Waals surface area contributed by atoms with E-state index in [1.54, 1.807) is 24.3 Å². The van der Waals surface area contributed by atoms with Gasteiger partial charge in [-0.3, -0.25) is 9.59 Å². The fourth-order valence-electron chi connectivity index (χ4n) is 3.78. The highest BCUT2D eigenvalue weighted by Crippen LogP contribution is 2.31. The Labute approximate surface area is 165 Å². The third-order valence-corrected chi connectivity index (χ3v) is 5.24. The van der Waals surface area contributed by atoms with Crippen molar-refractivity contribution < 1.29 is 9.59 Å². The zero-order chi connectivity index (χ0) is 20.1. The van der Waals surface area contributed by atoms with E-state index in [0.29, 0.717) is 36.9 Å². The summed E-state index contributed by atoms with van der Waals surface area (Å²) < 4.78 is 0. The maximum Gasteiger partial charge on any atom is 0.227 e. The molecule has 0 atom stereocenters. The fraction of sp³-hybridized carbons (Fsp3) is 0.348. The van der Waals surface area contributed by atoms with Gasteiger partial charge in [-0.15, -0.1) is 0 Å². The number of hydrogen-bond acceptors (Lipinski definition) is 3. The van der Waals surface area contributed by atoms with Crippen molar-refractivity contribution in [3.05, 3.63) is 59.2 Å². The Bertz CT molecular complexity index is 884. The zero-order valence-corrected chi connectivity index (χ0v) is 16.3. The van der Waals surface area contributed by atoms with Crippen molar-refractivity contribution in [2.24, 2.45) is 11.8 Å². The summed E-state index contributed by atoms with van der Waals surface area (Å²) in [5, 5.41) is 14.8. The number of nitriles is 1. The number of hydrogen-bond donors (Lipinski definition) is 2. The number of rotatable bonds is 4. The number of aryl methyl sites for hydroxylation is 2. The molecule has 144 valence electrons. The van der Waals surface area contributed by atoms with E-state index in [-0.39, 0.29) is 23.7 Å². The molecule has 28 heavy (non-hydrogen) atoms.